The van der Waals surface area contributed by atoms with Crippen molar-refractivity contribution in [2.75, 3.05) is 0 Å². The first-order valence-electron chi connectivity index (χ1n) is 10.7. The Morgan fingerprint density at radius 1 is 1.06 bits per heavy atom. The highest BCUT2D eigenvalue weighted by molar-refractivity contribution is 6.32. The van der Waals surface area contributed by atoms with Gasteiger partial charge < -0.3 is 14.5 Å². The molecule has 2 N–H and O–H groups in total. The number of imidazole rings is 1. The summed E-state index contributed by atoms with van der Waals surface area (Å²) in [5.41, 5.74) is 3.33. The largest absolute Gasteiger partial charge is 0.339 e. The van der Waals surface area contributed by atoms with Crippen LogP contribution in [0.2, 0.25) is 10.2 Å². The minimum atomic E-state index is -0.404. The van der Waals surface area contributed by atoms with Crippen molar-refractivity contribution in [2.24, 2.45) is 0 Å². The molecule has 0 saturated carbocycles. The van der Waals surface area contributed by atoms with E-state index in [4.69, 9.17) is 23.2 Å². The molecule has 6 rings (SSSR count). The quantitative estimate of drug-likeness (QED) is 0.384. The van der Waals surface area contributed by atoms with Gasteiger partial charge in [-0.1, -0.05) is 29.3 Å². The van der Waals surface area contributed by atoms with Crippen LogP contribution in [0.3, 0.4) is 0 Å². The summed E-state index contributed by atoms with van der Waals surface area (Å²) in [4.78, 5) is 34.9. The van der Waals surface area contributed by atoms with Gasteiger partial charge in [0.25, 0.3) is 5.56 Å². The second-order valence-electron chi connectivity index (χ2n) is 8.15. The van der Waals surface area contributed by atoms with Gasteiger partial charge in [-0.05, 0) is 52.7 Å². The lowest BCUT2D eigenvalue weighted by Gasteiger charge is -2.16. The Balaban J connectivity index is 1.48. The standard InChI is InChI=1S/C23H16Cl2N8O2/c24-13-5-6-16(32-11-27-30-31-32)14(8-13)15-9-18(33-17(15)2-1-3-20(33)35)23-28-21(22(25)29-23)12-4-7-19(34)26-10-12/h1-8,10-11,15,18H,9H2,(H,26,34)(H,28,29)/t15?,18-/m0/s1. The number of halogens is 2. The Morgan fingerprint density at radius 2 is 1.94 bits per heavy atom. The minimum absolute atomic E-state index is 0.154. The fourth-order valence-electron chi connectivity index (χ4n) is 4.67. The second-order valence-corrected chi connectivity index (χ2v) is 8.94. The number of hydrogen-bond donors (Lipinski definition) is 2. The summed E-state index contributed by atoms with van der Waals surface area (Å²) < 4.78 is 3.29. The molecule has 0 radical (unpaired) electrons. The van der Waals surface area contributed by atoms with E-state index in [-0.39, 0.29) is 22.2 Å². The Kier molecular flexibility index (Phi) is 5.12. The van der Waals surface area contributed by atoms with Crippen molar-refractivity contribution in [2.45, 2.75) is 18.4 Å². The van der Waals surface area contributed by atoms with E-state index in [1.807, 2.05) is 18.2 Å². The number of H-pyrrole nitrogens is 2. The lowest BCUT2D eigenvalue weighted by atomic mass is 9.91. The molecule has 35 heavy (non-hydrogen) atoms. The highest BCUT2D eigenvalue weighted by Gasteiger charge is 2.37. The van der Waals surface area contributed by atoms with Crippen molar-refractivity contribution in [3.05, 3.63) is 109 Å². The van der Waals surface area contributed by atoms with E-state index in [1.165, 1.54) is 18.5 Å². The Hall–Kier alpha value is -4.02. The van der Waals surface area contributed by atoms with Crippen LogP contribution in [0.5, 0.6) is 0 Å². The van der Waals surface area contributed by atoms with Gasteiger partial charge in [0.2, 0.25) is 5.56 Å². The number of benzene rings is 1. The smallest absolute Gasteiger partial charge is 0.251 e. The van der Waals surface area contributed by atoms with E-state index in [9.17, 15) is 9.59 Å². The van der Waals surface area contributed by atoms with Gasteiger partial charge in [-0.2, -0.15) is 0 Å². The molecule has 174 valence electrons. The summed E-state index contributed by atoms with van der Waals surface area (Å²) >= 11 is 12.8. The topological polar surface area (TPSA) is 127 Å². The zero-order chi connectivity index (χ0) is 24.1. The van der Waals surface area contributed by atoms with E-state index in [2.05, 4.69) is 30.5 Å². The number of aromatic nitrogens is 8. The van der Waals surface area contributed by atoms with Crippen molar-refractivity contribution in [3.63, 3.8) is 0 Å². The number of aromatic amines is 2. The van der Waals surface area contributed by atoms with E-state index >= 15 is 0 Å². The van der Waals surface area contributed by atoms with Gasteiger partial charge >= 0.3 is 0 Å². The summed E-state index contributed by atoms with van der Waals surface area (Å²) in [6.07, 6.45) is 3.61. The first kappa shape index (κ1) is 21.5. The molecule has 1 aliphatic rings. The van der Waals surface area contributed by atoms with Crippen LogP contribution in [0.25, 0.3) is 16.9 Å². The molecule has 1 aliphatic heterocycles. The molecule has 1 aromatic carbocycles. The number of hydrogen-bond acceptors (Lipinski definition) is 6. The van der Waals surface area contributed by atoms with Crippen LogP contribution in [-0.2, 0) is 0 Å². The molecule has 2 atom stereocenters. The third-order valence-corrected chi connectivity index (χ3v) is 6.68. The van der Waals surface area contributed by atoms with Crippen molar-refractivity contribution < 1.29 is 0 Å². The van der Waals surface area contributed by atoms with Crippen LogP contribution in [0.15, 0.2) is 70.6 Å². The molecule has 1 unspecified atom stereocenters. The van der Waals surface area contributed by atoms with Crippen LogP contribution >= 0.6 is 23.2 Å². The lowest BCUT2D eigenvalue weighted by Crippen LogP contribution is -2.23. The molecular weight excluding hydrogens is 491 g/mol. The monoisotopic (exact) mass is 506 g/mol. The van der Waals surface area contributed by atoms with Crippen LogP contribution in [0.4, 0.5) is 0 Å². The molecule has 0 amide bonds. The third kappa shape index (κ3) is 3.67. The summed E-state index contributed by atoms with van der Waals surface area (Å²) in [6.45, 7) is 0. The van der Waals surface area contributed by atoms with Crippen LogP contribution < -0.4 is 11.1 Å². The Labute approximate surface area is 207 Å². The second kappa shape index (κ2) is 8.33. The SMILES string of the molecule is O=c1ccc(-c2[nH]c([C@@H]3CC(c4cc(Cl)ccc4-n4cnnn4)c4cccc(=O)n43)nc2Cl)c[nH]1. The molecule has 0 fully saturated rings. The molecule has 10 nitrogen and oxygen atoms in total. The highest BCUT2D eigenvalue weighted by Crippen LogP contribution is 2.44. The minimum Gasteiger partial charge on any atom is -0.339 e. The maximum Gasteiger partial charge on any atom is 0.251 e. The average molecular weight is 507 g/mol. The van der Waals surface area contributed by atoms with Gasteiger partial charge in [0.1, 0.15) is 12.2 Å². The van der Waals surface area contributed by atoms with Gasteiger partial charge in [-0.25, -0.2) is 9.67 Å². The highest BCUT2D eigenvalue weighted by atomic mass is 35.5. The number of rotatable bonds is 4. The molecule has 5 aromatic rings. The zero-order valence-corrected chi connectivity index (χ0v) is 19.4. The van der Waals surface area contributed by atoms with E-state index in [1.54, 1.807) is 33.6 Å². The van der Waals surface area contributed by atoms with Crippen molar-refractivity contribution in [3.8, 4) is 16.9 Å². The Bertz CT molecular complexity index is 1650. The fraction of sp³-hybridized carbons (Fsp3) is 0.130. The van der Waals surface area contributed by atoms with Gasteiger partial charge in [-0.15, -0.1) is 5.10 Å². The Morgan fingerprint density at radius 3 is 2.71 bits per heavy atom. The van der Waals surface area contributed by atoms with Crippen molar-refractivity contribution >= 4 is 23.2 Å². The van der Waals surface area contributed by atoms with Crippen LogP contribution in [0, 0.1) is 0 Å². The summed E-state index contributed by atoms with van der Waals surface area (Å²) in [5, 5.41) is 12.3. The number of fused-ring (bicyclic) bond motifs is 1. The zero-order valence-electron chi connectivity index (χ0n) is 17.9. The van der Waals surface area contributed by atoms with Crippen molar-refractivity contribution in [1.82, 2.24) is 39.7 Å². The molecule has 0 bridgehead atoms. The van der Waals surface area contributed by atoms with E-state index in [0.29, 0.717) is 28.5 Å². The average Bonchev–Trinajstić information content (AvgIpc) is 3.59. The number of pyridine rings is 2. The predicted molar refractivity (Wildman–Crippen MR) is 129 cm³/mol. The molecule has 12 heteroatoms. The van der Waals surface area contributed by atoms with E-state index in [0.717, 1.165) is 16.9 Å². The number of tetrazole rings is 1. The molecule has 4 aromatic heterocycles. The summed E-state index contributed by atoms with van der Waals surface area (Å²) in [5.74, 6) is 0.353. The first-order valence-corrected chi connectivity index (χ1v) is 11.4. The molecule has 0 saturated heterocycles. The van der Waals surface area contributed by atoms with Gasteiger partial charge in [0.15, 0.2) is 5.15 Å². The first-order chi connectivity index (χ1) is 17.0. The van der Waals surface area contributed by atoms with Gasteiger partial charge in [0.05, 0.1) is 17.4 Å². The predicted octanol–water partition coefficient (Wildman–Crippen LogP) is 3.33. The lowest BCUT2D eigenvalue weighted by molar-refractivity contribution is 0.561. The fourth-order valence-corrected chi connectivity index (χ4v) is 5.10. The molecule has 0 aliphatic carbocycles. The van der Waals surface area contributed by atoms with E-state index < -0.39 is 6.04 Å². The van der Waals surface area contributed by atoms with Crippen LogP contribution in [0.1, 0.15) is 35.5 Å². The number of nitrogens with one attached hydrogen (secondary N) is 2. The van der Waals surface area contributed by atoms with Gasteiger partial charge in [0, 0.05) is 40.5 Å². The molecular formula is C23H16Cl2N8O2. The summed E-state index contributed by atoms with van der Waals surface area (Å²) in [7, 11) is 0. The maximum absolute atomic E-state index is 13.0. The van der Waals surface area contributed by atoms with Crippen LogP contribution in [-0.4, -0.2) is 39.7 Å². The normalized spacial score (nSPS) is 17.0. The number of nitrogens with zero attached hydrogens (tertiary/aromatic N) is 6. The summed E-state index contributed by atoms with van der Waals surface area (Å²) in [6, 6.07) is 13.3. The van der Waals surface area contributed by atoms with Gasteiger partial charge in [-0.3, -0.25) is 9.59 Å². The van der Waals surface area contributed by atoms with Crippen molar-refractivity contribution in [1.29, 1.82) is 0 Å². The molecule has 0 spiro atoms. The third-order valence-electron chi connectivity index (χ3n) is 6.18. The molecule has 5 heterocycles. The maximum atomic E-state index is 13.0.